The average Bonchev–Trinajstić information content (AvgIpc) is 2.42. The number of hydrogen-bond acceptors (Lipinski definition) is 6. The molecule has 3 amide bonds. The van der Waals surface area contributed by atoms with E-state index in [-0.39, 0.29) is 5.75 Å². The van der Waals surface area contributed by atoms with Gasteiger partial charge in [0.2, 0.25) is 0 Å². The van der Waals surface area contributed by atoms with E-state index in [0.717, 1.165) is 18.9 Å². The molecule has 0 radical (unpaired) electrons. The molecule has 0 spiro atoms. The van der Waals surface area contributed by atoms with Crippen LogP contribution in [0.4, 0.5) is 0 Å². The number of carbonyl (C=O) groups is 4. The fraction of sp³-hybridized carbons (Fsp3) is 0.500. The van der Waals surface area contributed by atoms with E-state index in [0.29, 0.717) is 0 Å². The van der Waals surface area contributed by atoms with Crippen LogP contribution in [0.2, 0.25) is 0 Å². The summed E-state index contributed by atoms with van der Waals surface area (Å²) in [5.74, 6) is -3.49. The van der Waals surface area contributed by atoms with Crippen molar-refractivity contribution >= 4 is 36.3 Å². The molecule has 0 aromatic rings. The topological polar surface area (TPSA) is 148 Å². The van der Waals surface area contributed by atoms with Crippen molar-refractivity contribution in [2.45, 2.75) is 0 Å². The first-order chi connectivity index (χ1) is 8.95. The molecule has 1 N–H and O–H groups in total. The van der Waals surface area contributed by atoms with Gasteiger partial charge in [0.15, 0.2) is 0 Å². The summed E-state index contributed by atoms with van der Waals surface area (Å²) in [6.07, 6.45) is 0. The number of aliphatic carboxylic acids is 1. The first kappa shape index (κ1) is 20.0. The van der Waals surface area contributed by atoms with Gasteiger partial charge in [-0.05, 0) is 6.54 Å². The van der Waals surface area contributed by atoms with Crippen LogP contribution in [-0.4, -0.2) is 54.2 Å². The van der Waals surface area contributed by atoms with Crippen LogP contribution in [-0.2, 0) is 41.5 Å². The Morgan fingerprint density at radius 2 is 1.21 bits per heavy atom. The molecule has 9 nitrogen and oxygen atoms in total. The van der Waals surface area contributed by atoms with Gasteiger partial charge in [-0.2, -0.15) is 12.6 Å². The molecule has 0 aromatic carbocycles. The van der Waals surface area contributed by atoms with Crippen molar-refractivity contribution in [3.05, 3.63) is 16.0 Å². The van der Waals surface area contributed by atoms with Crippen LogP contribution in [0.5, 0.6) is 0 Å². The molecule has 0 saturated heterocycles. The second-order valence-corrected chi connectivity index (χ2v) is 3.00. The van der Waals surface area contributed by atoms with Gasteiger partial charge in [0.05, 0.1) is 5.91 Å². The van der Waals surface area contributed by atoms with Crippen molar-refractivity contribution < 1.29 is 46.6 Å². The van der Waals surface area contributed by atoms with Gasteiger partial charge < -0.3 is 35.4 Å². The van der Waals surface area contributed by atoms with Gasteiger partial charge in [-0.15, -0.1) is 0 Å². The first-order valence-electron chi connectivity index (χ1n) is 4.54. The summed E-state index contributed by atoms with van der Waals surface area (Å²) >= 11 is 4.54. The molecule has 0 unspecified atom stereocenters. The second-order valence-electron chi connectivity index (χ2n) is 2.68. The van der Waals surface area contributed by atoms with E-state index in [9.17, 15) is 19.2 Å². The quantitative estimate of drug-likeness (QED) is 0.578. The molecule has 19 heavy (non-hydrogen) atoms. The Morgan fingerprint density at radius 1 is 0.842 bits per heavy atom. The van der Waals surface area contributed by atoms with E-state index in [1.807, 2.05) is 0 Å². The Morgan fingerprint density at radius 3 is 1.58 bits per heavy atom. The minimum atomic E-state index is -1.25. The third kappa shape index (κ3) is 14.6. The van der Waals surface area contributed by atoms with Crippen LogP contribution in [0.25, 0.3) is 16.0 Å². The molecule has 0 heterocycles. The zero-order chi connectivity index (χ0) is 15.3. The molecule has 106 valence electrons. The van der Waals surface area contributed by atoms with Crippen molar-refractivity contribution in [2.75, 3.05) is 25.4 Å². The van der Waals surface area contributed by atoms with Crippen molar-refractivity contribution in [2.24, 2.45) is 0 Å². The van der Waals surface area contributed by atoms with E-state index in [1.54, 1.807) is 0 Å². The molecular weight excluding hydrogens is 364 g/mol. The molecule has 0 aliphatic carbocycles. The molecule has 0 atom stereocenters. The number of hydrogen-bond donors (Lipinski definition) is 2. The summed E-state index contributed by atoms with van der Waals surface area (Å²) in [5, 5.41) is 17.9. The van der Waals surface area contributed by atoms with Gasteiger partial charge >= 0.3 is 22.4 Å². The normalized spacial score (nSPS) is 8.42. The van der Waals surface area contributed by atoms with Crippen LogP contribution in [0, 0.1) is 0 Å². The van der Waals surface area contributed by atoms with Crippen molar-refractivity contribution in [1.29, 1.82) is 0 Å². The van der Waals surface area contributed by atoms with Crippen LogP contribution in [0.3, 0.4) is 0 Å². The molecule has 0 fully saturated rings. The summed E-state index contributed by atoms with van der Waals surface area (Å²) in [5.41, 5.74) is 0. The Hall–Kier alpha value is -1.32. The summed E-state index contributed by atoms with van der Waals surface area (Å²) in [6.45, 7) is -1.66. The number of carbonyl (C=O) groups excluding carboxylic acids is 3. The second kappa shape index (κ2) is 13.1. The molecule has 0 rings (SSSR count). The number of rotatable bonds is 7. The Kier molecular flexibility index (Phi) is 13.8. The summed E-state index contributed by atoms with van der Waals surface area (Å²) in [4.78, 5) is 42.5. The van der Waals surface area contributed by atoms with Crippen LogP contribution >= 0.6 is 12.6 Å². The molecular formula is C8H10N3O6STc. The molecule has 0 aromatic heterocycles. The summed E-state index contributed by atoms with van der Waals surface area (Å²) in [6, 6.07) is 0. The van der Waals surface area contributed by atoms with Gasteiger partial charge in [0, 0.05) is 17.6 Å². The molecule has 0 saturated carbocycles. The standard InChI is InChI=1S/C8H13N3O5S.O.Tc/c12-5(2-10-7(14)4-17)9-1-6(13)11-3-8(15)16;;/h1-4H2,(H5,9,10,11,12,13,14,15,16,17);;/q;;+3/p-3. The first-order valence-corrected chi connectivity index (χ1v) is 5.94. The van der Waals surface area contributed by atoms with E-state index in [1.165, 1.54) is 0 Å². The van der Waals surface area contributed by atoms with Crippen molar-refractivity contribution in [3.63, 3.8) is 0 Å². The summed E-state index contributed by atoms with van der Waals surface area (Å²) < 4.78 is 8.22. The Labute approximate surface area is 124 Å². The third-order valence-corrected chi connectivity index (χ3v) is 1.58. The molecule has 0 bridgehead atoms. The van der Waals surface area contributed by atoms with E-state index in [2.05, 4.69) is 28.6 Å². The van der Waals surface area contributed by atoms with Gasteiger partial charge in [-0.25, -0.2) is 0 Å². The van der Waals surface area contributed by atoms with Gasteiger partial charge in [-0.1, -0.05) is 13.1 Å². The van der Waals surface area contributed by atoms with Crippen molar-refractivity contribution in [3.8, 4) is 0 Å². The van der Waals surface area contributed by atoms with Crippen molar-refractivity contribution in [1.82, 2.24) is 0 Å². The summed E-state index contributed by atoms with van der Waals surface area (Å²) in [7, 11) is 0. The van der Waals surface area contributed by atoms with E-state index >= 15 is 0 Å². The van der Waals surface area contributed by atoms with Gasteiger partial charge in [-0.3, -0.25) is 4.79 Å². The van der Waals surface area contributed by atoms with E-state index in [4.69, 9.17) is 8.61 Å². The predicted octanol–water partition coefficient (Wildman–Crippen LogP) is -0.420. The molecule has 0 aliphatic heterocycles. The Balaban J connectivity index is 0. The zero-order valence-electron chi connectivity index (χ0n) is 9.48. The SMILES string of the molecule is O=C(O)C[N-]C(=O)C[N-]C(=O)C[N-]C(=O)CS.[O]=[Tc+3]. The third-order valence-electron chi connectivity index (χ3n) is 1.31. The number of amides is 3. The van der Waals surface area contributed by atoms with Gasteiger partial charge in [0.1, 0.15) is 0 Å². The minimum absolute atomic E-state index is 0.111. The van der Waals surface area contributed by atoms with E-state index < -0.39 is 43.3 Å². The Bertz CT molecular complexity index is 340. The number of carboxylic acid groups (broad SMARTS) is 1. The van der Waals surface area contributed by atoms with Crippen LogP contribution < -0.4 is 0 Å². The number of thiol groups is 1. The van der Waals surface area contributed by atoms with Gasteiger partial charge in [0.25, 0.3) is 5.97 Å². The fourth-order valence-corrected chi connectivity index (χ4v) is 0.717. The molecule has 11 heteroatoms. The van der Waals surface area contributed by atoms with Crippen LogP contribution in [0.1, 0.15) is 0 Å². The molecule has 0 aliphatic rings. The maximum atomic E-state index is 11.0. The number of carboxylic acids is 1. The number of nitrogens with zero attached hydrogens (tertiary/aromatic N) is 3. The zero-order valence-corrected chi connectivity index (χ0v) is 12.2. The fourth-order valence-electron chi connectivity index (χ4n) is 0.617. The maximum absolute atomic E-state index is 11.0. The monoisotopic (exact) mass is 373 g/mol. The predicted molar refractivity (Wildman–Crippen MR) is 61.9 cm³/mol. The van der Waals surface area contributed by atoms with Crippen LogP contribution in [0.15, 0.2) is 0 Å². The average molecular weight is 374 g/mol.